The van der Waals surface area contributed by atoms with Crippen LogP contribution in [0.3, 0.4) is 0 Å². The molecule has 0 spiro atoms. The van der Waals surface area contributed by atoms with E-state index < -0.39 is 12.2 Å². The molecule has 0 amide bonds. The maximum Gasteiger partial charge on any atom is 0.129 e. The van der Waals surface area contributed by atoms with Gasteiger partial charge >= 0.3 is 0 Å². The van der Waals surface area contributed by atoms with Crippen molar-refractivity contribution in [2.45, 2.75) is 32.5 Å². The van der Waals surface area contributed by atoms with Gasteiger partial charge in [-0.05, 0) is 30.5 Å². The maximum absolute atomic E-state index is 13.3. The minimum atomic E-state index is -1.15. The van der Waals surface area contributed by atoms with Crippen molar-refractivity contribution in [3.05, 3.63) is 34.6 Å². The Morgan fingerprint density at radius 1 is 1.31 bits per heavy atom. The first-order valence-corrected chi connectivity index (χ1v) is 4.97. The molecule has 2 unspecified atom stereocenters. The summed E-state index contributed by atoms with van der Waals surface area (Å²) in [7, 11) is 0. The summed E-state index contributed by atoms with van der Waals surface area (Å²) in [5, 5.41) is 27.6. The number of hydrogen-bond acceptors (Lipinski definition) is 3. The fourth-order valence-corrected chi connectivity index (χ4v) is 1.58. The molecule has 0 saturated heterocycles. The first-order valence-electron chi connectivity index (χ1n) is 4.97. The average molecular weight is 223 g/mol. The van der Waals surface area contributed by atoms with Gasteiger partial charge in [-0.2, -0.15) is 5.26 Å². The monoisotopic (exact) mass is 223 g/mol. The van der Waals surface area contributed by atoms with Gasteiger partial charge in [0.05, 0.1) is 18.6 Å². The fourth-order valence-electron chi connectivity index (χ4n) is 1.58. The highest BCUT2D eigenvalue weighted by Crippen LogP contribution is 2.23. The Hall–Kier alpha value is -1.44. The molecule has 2 N–H and O–H groups in total. The summed E-state index contributed by atoms with van der Waals surface area (Å²) in [4.78, 5) is 0. The summed E-state index contributed by atoms with van der Waals surface area (Å²) in [5.74, 6) is -0.314. The van der Waals surface area contributed by atoms with Crippen LogP contribution < -0.4 is 0 Å². The molecule has 86 valence electrons. The van der Waals surface area contributed by atoms with Crippen molar-refractivity contribution in [1.82, 2.24) is 0 Å². The molecule has 2 atom stereocenters. The standard InChI is InChI=1S/C12H14FNO2/c1-7-5-9(6-8(2)11(7)13)12(16)10(15)3-4-14/h5-6,10,12,15-16H,3H2,1-2H3. The summed E-state index contributed by atoms with van der Waals surface area (Å²) in [6.07, 6.45) is -2.46. The topological polar surface area (TPSA) is 64.2 Å². The molecular formula is C12H14FNO2. The second-order valence-electron chi connectivity index (χ2n) is 3.84. The number of benzene rings is 1. The van der Waals surface area contributed by atoms with Gasteiger partial charge < -0.3 is 10.2 Å². The minimum absolute atomic E-state index is 0.156. The molecule has 1 aromatic carbocycles. The fraction of sp³-hybridized carbons (Fsp3) is 0.417. The summed E-state index contributed by atoms with van der Waals surface area (Å²) in [6.45, 7) is 3.18. The molecule has 4 heteroatoms. The van der Waals surface area contributed by atoms with Gasteiger partial charge in [0.25, 0.3) is 0 Å². The molecule has 0 aliphatic rings. The lowest BCUT2D eigenvalue weighted by Crippen LogP contribution is -2.17. The van der Waals surface area contributed by atoms with Gasteiger partial charge in [-0.1, -0.05) is 12.1 Å². The minimum Gasteiger partial charge on any atom is -0.389 e. The number of nitriles is 1. The number of nitrogens with zero attached hydrogens (tertiary/aromatic N) is 1. The van der Waals surface area contributed by atoms with Crippen LogP contribution in [0, 0.1) is 31.0 Å². The summed E-state index contributed by atoms with van der Waals surface area (Å²) in [5.41, 5.74) is 1.26. The molecule has 0 bridgehead atoms. The van der Waals surface area contributed by atoms with E-state index in [9.17, 15) is 14.6 Å². The van der Waals surface area contributed by atoms with Crippen LogP contribution in [-0.2, 0) is 0 Å². The third kappa shape index (κ3) is 2.57. The molecule has 1 aromatic rings. The third-order valence-corrected chi connectivity index (χ3v) is 2.47. The first-order chi connectivity index (χ1) is 7.47. The first kappa shape index (κ1) is 12.6. The molecule has 16 heavy (non-hydrogen) atoms. The number of aliphatic hydroxyl groups is 2. The lowest BCUT2D eigenvalue weighted by atomic mass is 9.98. The predicted octanol–water partition coefficient (Wildman–Crippen LogP) is 1.75. The van der Waals surface area contributed by atoms with E-state index in [-0.39, 0.29) is 12.2 Å². The SMILES string of the molecule is Cc1cc(C(O)C(O)CC#N)cc(C)c1F. The van der Waals surface area contributed by atoms with Crippen molar-refractivity contribution < 1.29 is 14.6 Å². The van der Waals surface area contributed by atoms with Crippen molar-refractivity contribution in [3.63, 3.8) is 0 Å². The van der Waals surface area contributed by atoms with E-state index in [1.54, 1.807) is 19.9 Å². The zero-order valence-corrected chi connectivity index (χ0v) is 9.24. The predicted molar refractivity (Wildman–Crippen MR) is 57.1 cm³/mol. The number of rotatable bonds is 3. The smallest absolute Gasteiger partial charge is 0.129 e. The molecule has 1 rings (SSSR count). The molecule has 0 aliphatic heterocycles. The molecular weight excluding hydrogens is 209 g/mol. The molecule has 0 aromatic heterocycles. The van der Waals surface area contributed by atoms with Crippen LogP contribution in [0.2, 0.25) is 0 Å². The highest BCUT2D eigenvalue weighted by molar-refractivity contribution is 5.32. The summed E-state index contributed by atoms with van der Waals surface area (Å²) >= 11 is 0. The lowest BCUT2D eigenvalue weighted by molar-refractivity contribution is 0.0215. The zero-order valence-electron chi connectivity index (χ0n) is 9.24. The Labute approximate surface area is 93.8 Å². The molecule has 0 aliphatic carbocycles. The Morgan fingerprint density at radius 2 is 1.81 bits per heavy atom. The van der Waals surface area contributed by atoms with E-state index in [1.165, 1.54) is 12.1 Å². The van der Waals surface area contributed by atoms with Gasteiger partial charge in [-0.15, -0.1) is 0 Å². The molecule has 0 fully saturated rings. The van der Waals surface area contributed by atoms with Crippen LogP contribution in [-0.4, -0.2) is 16.3 Å². The van der Waals surface area contributed by atoms with Crippen LogP contribution in [0.15, 0.2) is 12.1 Å². The van der Waals surface area contributed by atoms with E-state index >= 15 is 0 Å². The molecule has 0 saturated carbocycles. The van der Waals surface area contributed by atoms with Crippen LogP contribution in [0.25, 0.3) is 0 Å². The third-order valence-electron chi connectivity index (χ3n) is 2.47. The zero-order chi connectivity index (χ0) is 12.3. The lowest BCUT2D eigenvalue weighted by Gasteiger charge is -2.17. The van der Waals surface area contributed by atoms with E-state index in [2.05, 4.69) is 0 Å². The summed E-state index contributed by atoms with van der Waals surface area (Å²) < 4.78 is 13.3. The largest absolute Gasteiger partial charge is 0.389 e. The van der Waals surface area contributed by atoms with Gasteiger partial charge in [0.15, 0.2) is 0 Å². The quantitative estimate of drug-likeness (QED) is 0.820. The van der Waals surface area contributed by atoms with E-state index in [4.69, 9.17) is 5.26 Å². The van der Waals surface area contributed by atoms with Gasteiger partial charge in [0.1, 0.15) is 11.9 Å². The van der Waals surface area contributed by atoms with Crippen LogP contribution in [0.4, 0.5) is 4.39 Å². The Morgan fingerprint density at radius 3 is 2.25 bits per heavy atom. The molecule has 3 nitrogen and oxygen atoms in total. The van der Waals surface area contributed by atoms with Crippen LogP contribution >= 0.6 is 0 Å². The Bertz CT molecular complexity index is 403. The van der Waals surface area contributed by atoms with E-state index in [0.29, 0.717) is 16.7 Å². The number of hydrogen-bond donors (Lipinski definition) is 2. The van der Waals surface area contributed by atoms with Crippen molar-refractivity contribution in [2.75, 3.05) is 0 Å². The van der Waals surface area contributed by atoms with Gasteiger partial charge in [0.2, 0.25) is 0 Å². The molecule has 0 radical (unpaired) electrons. The second kappa shape index (κ2) is 5.06. The number of aryl methyl sites for hydroxylation is 2. The Kier molecular flexibility index (Phi) is 3.99. The average Bonchev–Trinajstić information content (AvgIpc) is 2.24. The maximum atomic E-state index is 13.3. The normalized spacial score (nSPS) is 14.2. The van der Waals surface area contributed by atoms with Crippen molar-refractivity contribution in [3.8, 4) is 6.07 Å². The van der Waals surface area contributed by atoms with Gasteiger partial charge in [-0.3, -0.25) is 0 Å². The summed E-state index contributed by atoms with van der Waals surface area (Å²) in [6, 6.07) is 4.73. The van der Waals surface area contributed by atoms with Crippen LogP contribution in [0.5, 0.6) is 0 Å². The van der Waals surface area contributed by atoms with E-state index in [0.717, 1.165) is 0 Å². The Balaban J connectivity index is 3.01. The van der Waals surface area contributed by atoms with Gasteiger partial charge in [-0.25, -0.2) is 4.39 Å². The van der Waals surface area contributed by atoms with Crippen molar-refractivity contribution >= 4 is 0 Å². The second-order valence-corrected chi connectivity index (χ2v) is 3.84. The highest BCUT2D eigenvalue weighted by Gasteiger charge is 2.19. The van der Waals surface area contributed by atoms with Crippen molar-refractivity contribution in [2.24, 2.45) is 0 Å². The number of aliphatic hydroxyl groups excluding tert-OH is 2. The number of halogens is 1. The van der Waals surface area contributed by atoms with Crippen molar-refractivity contribution in [1.29, 1.82) is 5.26 Å². The molecule has 0 heterocycles. The highest BCUT2D eigenvalue weighted by atomic mass is 19.1. The van der Waals surface area contributed by atoms with E-state index in [1.807, 2.05) is 0 Å². The van der Waals surface area contributed by atoms with Crippen LogP contribution in [0.1, 0.15) is 29.2 Å². The van der Waals surface area contributed by atoms with Gasteiger partial charge in [0, 0.05) is 0 Å².